The number of benzene rings is 2. The van der Waals surface area contributed by atoms with Crippen LogP contribution < -0.4 is 5.32 Å². The molecule has 2 aromatic carbocycles. The highest BCUT2D eigenvalue weighted by Gasteiger charge is 2.27. The number of piperidine rings is 1. The fourth-order valence-electron chi connectivity index (χ4n) is 3.41. The second kappa shape index (κ2) is 8.43. The predicted octanol–water partition coefficient (Wildman–Crippen LogP) is 3.32. The van der Waals surface area contributed by atoms with E-state index in [2.05, 4.69) is 71.7 Å². The van der Waals surface area contributed by atoms with Crippen molar-refractivity contribution in [3.8, 4) is 0 Å². The van der Waals surface area contributed by atoms with Gasteiger partial charge in [0.25, 0.3) is 0 Å². The lowest BCUT2D eigenvalue weighted by Gasteiger charge is -2.39. The Balaban J connectivity index is 1.63. The summed E-state index contributed by atoms with van der Waals surface area (Å²) in [4.78, 5) is 2.51. The van der Waals surface area contributed by atoms with E-state index < -0.39 is 0 Å². The minimum Gasteiger partial charge on any atom is -0.396 e. The topological polar surface area (TPSA) is 35.5 Å². The summed E-state index contributed by atoms with van der Waals surface area (Å²) >= 11 is 0. The summed E-state index contributed by atoms with van der Waals surface area (Å²) in [5.74, 6) is 0.410. The van der Waals surface area contributed by atoms with Crippen molar-refractivity contribution >= 4 is 0 Å². The van der Waals surface area contributed by atoms with Crippen LogP contribution >= 0.6 is 0 Å². The molecule has 2 N–H and O–H groups in total. The van der Waals surface area contributed by atoms with Gasteiger partial charge >= 0.3 is 0 Å². The molecule has 0 amide bonds. The number of likely N-dealkylation sites (tertiary alicyclic amines) is 1. The van der Waals surface area contributed by atoms with Gasteiger partial charge < -0.3 is 5.11 Å². The average Bonchev–Trinajstić information content (AvgIpc) is 2.63. The van der Waals surface area contributed by atoms with Crippen LogP contribution in [0.5, 0.6) is 0 Å². The van der Waals surface area contributed by atoms with Gasteiger partial charge in [-0.2, -0.15) is 0 Å². The molecular weight excluding hydrogens is 296 g/mol. The molecule has 0 spiro atoms. The molecule has 1 saturated heterocycles. The molecule has 3 rings (SSSR count). The van der Waals surface area contributed by atoms with Crippen LogP contribution in [0.4, 0.5) is 0 Å². The van der Waals surface area contributed by atoms with E-state index in [-0.39, 0.29) is 0 Å². The van der Waals surface area contributed by atoms with Crippen LogP contribution in [0.25, 0.3) is 0 Å². The van der Waals surface area contributed by atoms with Crippen molar-refractivity contribution in [3.63, 3.8) is 0 Å². The van der Waals surface area contributed by atoms with Crippen molar-refractivity contribution < 1.29 is 5.11 Å². The zero-order valence-electron chi connectivity index (χ0n) is 14.5. The molecule has 1 aliphatic heterocycles. The summed E-state index contributed by atoms with van der Waals surface area (Å²) in [7, 11) is 0. The maximum absolute atomic E-state index is 9.55. The van der Waals surface area contributed by atoms with Crippen molar-refractivity contribution in [1.29, 1.82) is 0 Å². The van der Waals surface area contributed by atoms with E-state index in [1.165, 1.54) is 16.7 Å². The molecule has 0 bridgehead atoms. The Bertz CT molecular complexity index is 611. The molecule has 0 saturated carbocycles. The van der Waals surface area contributed by atoms with Gasteiger partial charge in [-0.3, -0.25) is 10.2 Å². The van der Waals surface area contributed by atoms with Crippen molar-refractivity contribution in [1.82, 2.24) is 10.2 Å². The van der Waals surface area contributed by atoms with Gasteiger partial charge in [0.15, 0.2) is 0 Å². The van der Waals surface area contributed by atoms with Crippen LogP contribution in [0.15, 0.2) is 54.6 Å². The van der Waals surface area contributed by atoms with Crippen LogP contribution in [-0.4, -0.2) is 29.3 Å². The van der Waals surface area contributed by atoms with Crippen LogP contribution in [0.1, 0.15) is 29.5 Å². The summed E-state index contributed by atoms with van der Waals surface area (Å²) in [5, 5.41) is 13.3. The third-order valence-electron chi connectivity index (χ3n) is 4.97. The highest BCUT2D eigenvalue weighted by atomic mass is 16.3. The average molecular weight is 324 g/mol. The zero-order chi connectivity index (χ0) is 16.8. The number of nitrogens with one attached hydrogen (secondary N) is 1. The van der Waals surface area contributed by atoms with E-state index in [4.69, 9.17) is 0 Å². The van der Waals surface area contributed by atoms with E-state index in [1.54, 1.807) is 0 Å². The molecular formula is C21H28N2O. The third kappa shape index (κ3) is 4.67. The fourth-order valence-corrected chi connectivity index (χ4v) is 3.41. The van der Waals surface area contributed by atoms with E-state index in [0.29, 0.717) is 18.7 Å². The number of hydrogen-bond donors (Lipinski definition) is 2. The van der Waals surface area contributed by atoms with Crippen LogP contribution in [0, 0.1) is 12.8 Å². The molecule has 0 aromatic heterocycles. The van der Waals surface area contributed by atoms with Gasteiger partial charge in [0.1, 0.15) is 0 Å². The van der Waals surface area contributed by atoms with Gasteiger partial charge in [0.05, 0.1) is 6.17 Å². The molecule has 0 aliphatic carbocycles. The first kappa shape index (κ1) is 17.2. The number of hydrogen-bond acceptors (Lipinski definition) is 3. The normalized spacial score (nSPS) is 21.8. The number of aliphatic hydroxyl groups excluding tert-OH is 1. The smallest absolute Gasteiger partial charge is 0.0606 e. The summed E-state index contributed by atoms with van der Waals surface area (Å²) in [6.45, 7) is 5.28. The Morgan fingerprint density at radius 2 is 1.79 bits per heavy atom. The number of nitrogens with zero attached hydrogens (tertiary/aromatic N) is 1. The van der Waals surface area contributed by atoms with Crippen molar-refractivity contribution in [2.24, 2.45) is 5.92 Å². The lowest BCUT2D eigenvalue weighted by Crippen LogP contribution is -2.50. The third-order valence-corrected chi connectivity index (χ3v) is 4.97. The van der Waals surface area contributed by atoms with Crippen LogP contribution in [-0.2, 0) is 13.1 Å². The lowest BCUT2D eigenvalue weighted by molar-refractivity contribution is 0.0562. The molecule has 1 fully saturated rings. The number of aliphatic hydroxyl groups is 1. The van der Waals surface area contributed by atoms with E-state index in [9.17, 15) is 5.11 Å². The van der Waals surface area contributed by atoms with Gasteiger partial charge in [-0.15, -0.1) is 0 Å². The SMILES string of the molecule is Cc1ccc(CNC2CC(CO)CCN2Cc2ccccc2)cc1. The predicted molar refractivity (Wildman–Crippen MR) is 98.5 cm³/mol. The Morgan fingerprint density at radius 3 is 2.50 bits per heavy atom. The van der Waals surface area contributed by atoms with Gasteiger partial charge in [-0.1, -0.05) is 60.2 Å². The maximum atomic E-state index is 9.55. The summed E-state index contributed by atoms with van der Waals surface area (Å²) in [6.07, 6.45) is 2.40. The highest BCUT2D eigenvalue weighted by molar-refractivity contribution is 5.21. The van der Waals surface area contributed by atoms with Gasteiger partial charge in [-0.25, -0.2) is 0 Å². The largest absolute Gasteiger partial charge is 0.396 e. The Hall–Kier alpha value is -1.68. The lowest BCUT2D eigenvalue weighted by atomic mass is 9.94. The minimum atomic E-state index is 0.294. The first-order chi connectivity index (χ1) is 11.7. The van der Waals surface area contributed by atoms with E-state index in [0.717, 1.165) is 32.5 Å². The number of rotatable bonds is 6. The summed E-state index contributed by atoms with van der Waals surface area (Å²) in [6, 6.07) is 19.4. The Labute approximate surface area is 145 Å². The molecule has 3 heteroatoms. The summed E-state index contributed by atoms with van der Waals surface area (Å²) < 4.78 is 0. The molecule has 128 valence electrons. The van der Waals surface area contributed by atoms with Crippen LogP contribution in [0.3, 0.4) is 0 Å². The minimum absolute atomic E-state index is 0.294. The van der Waals surface area contributed by atoms with E-state index in [1.807, 2.05) is 0 Å². The first-order valence-corrected chi connectivity index (χ1v) is 8.92. The molecule has 3 nitrogen and oxygen atoms in total. The van der Waals surface area contributed by atoms with Crippen molar-refractivity contribution in [2.45, 2.75) is 39.0 Å². The second-order valence-corrected chi connectivity index (χ2v) is 6.91. The molecule has 1 heterocycles. The van der Waals surface area contributed by atoms with Gasteiger partial charge in [0, 0.05) is 26.2 Å². The molecule has 0 radical (unpaired) electrons. The monoisotopic (exact) mass is 324 g/mol. The molecule has 2 atom stereocenters. The molecule has 2 unspecified atom stereocenters. The standard InChI is InChI=1S/C21H28N2O/c1-17-7-9-18(10-8-17)14-22-21-13-20(16-24)11-12-23(21)15-19-5-3-2-4-6-19/h2-10,20-22,24H,11-16H2,1H3. The Morgan fingerprint density at radius 1 is 1.04 bits per heavy atom. The maximum Gasteiger partial charge on any atom is 0.0606 e. The molecule has 2 aromatic rings. The quantitative estimate of drug-likeness (QED) is 0.856. The molecule has 24 heavy (non-hydrogen) atoms. The molecule has 1 aliphatic rings. The van der Waals surface area contributed by atoms with Gasteiger partial charge in [0.2, 0.25) is 0 Å². The zero-order valence-corrected chi connectivity index (χ0v) is 14.5. The Kier molecular flexibility index (Phi) is 6.02. The number of aryl methyl sites for hydroxylation is 1. The fraction of sp³-hybridized carbons (Fsp3) is 0.429. The second-order valence-electron chi connectivity index (χ2n) is 6.91. The highest BCUT2D eigenvalue weighted by Crippen LogP contribution is 2.23. The van der Waals surface area contributed by atoms with Gasteiger partial charge in [-0.05, 0) is 36.8 Å². The van der Waals surface area contributed by atoms with E-state index >= 15 is 0 Å². The van der Waals surface area contributed by atoms with Crippen molar-refractivity contribution in [2.75, 3.05) is 13.2 Å². The first-order valence-electron chi connectivity index (χ1n) is 8.92. The summed E-state index contributed by atoms with van der Waals surface area (Å²) in [5.41, 5.74) is 3.95. The van der Waals surface area contributed by atoms with Crippen molar-refractivity contribution in [3.05, 3.63) is 71.3 Å². The van der Waals surface area contributed by atoms with Crippen LogP contribution in [0.2, 0.25) is 0 Å².